The molecular formula is C13H14N2O4S2. The predicted octanol–water partition coefficient (Wildman–Crippen LogP) is 1.75. The minimum absolute atomic E-state index is 0.168. The second-order valence-electron chi connectivity index (χ2n) is 4.20. The number of carbonyl (C=O) groups is 1. The number of nitrogens with two attached hydrogens (primary N) is 1. The van der Waals surface area contributed by atoms with Gasteiger partial charge in [-0.25, -0.2) is 8.42 Å². The van der Waals surface area contributed by atoms with E-state index in [4.69, 9.17) is 10.5 Å². The van der Waals surface area contributed by atoms with E-state index in [1.165, 1.54) is 13.2 Å². The van der Waals surface area contributed by atoms with E-state index in [0.29, 0.717) is 17.1 Å². The number of rotatable bonds is 5. The van der Waals surface area contributed by atoms with Gasteiger partial charge in [-0.05, 0) is 23.6 Å². The van der Waals surface area contributed by atoms with E-state index in [9.17, 15) is 13.2 Å². The Morgan fingerprint density at radius 3 is 2.76 bits per heavy atom. The SMILES string of the molecule is COc1cc(N)ccc1NC(=O)CS(=O)(=O)c1cccs1. The highest BCUT2D eigenvalue weighted by atomic mass is 32.2. The van der Waals surface area contributed by atoms with Crippen LogP contribution in [0.3, 0.4) is 0 Å². The first-order chi connectivity index (χ1) is 9.92. The van der Waals surface area contributed by atoms with Crippen LogP contribution in [0.5, 0.6) is 5.75 Å². The smallest absolute Gasteiger partial charge is 0.240 e. The molecule has 6 nitrogen and oxygen atoms in total. The average molecular weight is 326 g/mol. The molecule has 0 aliphatic heterocycles. The van der Waals surface area contributed by atoms with Crippen molar-refractivity contribution in [3.8, 4) is 5.75 Å². The van der Waals surface area contributed by atoms with Crippen LogP contribution in [0.15, 0.2) is 39.9 Å². The molecule has 0 fully saturated rings. The van der Waals surface area contributed by atoms with Gasteiger partial charge in [0.15, 0.2) is 9.84 Å². The zero-order chi connectivity index (χ0) is 15.5. The number of ether oxygens (including phenoxy) is 1. The first kappa shape index (κ1) is 15.3. The van der Waals surface area contributed by atoms with Crippen molar-refractivity contribution in [1.82, 2.24) is 0 Å². The molecule has 1 aromatic carbocycles. The van der Waals surface area contributed by atoms with Gasteiger partial charge in [0.2, 0.25) is 5.91 Å². The number of nitrogens with one attached hydrogen (secondary N) is 1. The summed E-state index contributed by atoms with van der Waals surface area (Å²) >= 11 is 1.08. The van der Waals surface area contributed by atoms with Crippen LogP contribution in [0.1, 0.15) is 0 Å². The van der Waals surface area contributed by atoms with E-state index in [2.05, 4.69) is 5.32 Å². The summed E-state index contributed by atoms with van der Waals surface area (Å²) in [5, 5.41) is 4.16. The van der Waals surface area contributed by atoms with Gasteiger partial charge in [-0.1, -0.05) is 6.07 Å². The maximum atomic E-state index is 12.0. The Bertz CT molecular complexity index is 740. The first-order valence-corrected chi connectivity index (χ1v) is 8.45. The number of methoxy groups -OCH3 is 1. The highest BCUT2D eigenvalue weighted by Gasteiger charge is 2.21. The summed E-state index contributed by atoms with van der Waals surface area (Å²) in [5.74, 6) is -0.885. The zero-order valence-corrected chi connectivity index (χ0v) is 12.8. The molecule has 0 atom stereocenters. The fraction of sp³-hybridized carbons (Fsp3) is 0.154. The Labute approximate surface area is 126 Å². The molecule has 0 saturated heterocycles. The molecule has 0 aliphatic carbocycles. The van der Waals surface area contributed by atoms with Gasteiger partial charge in [0, 0.05) is 11.8 Å². The molecule has 1 heterocycles. The Hall–Kier alpha value is -2.06. The maximum Gasteiger partial charge on any atom is 0.240 e. The second-order valence-corrected chi connectivity index (χ2v) is 7.36. The van der Waals surface area contributed by atoms with Crippen LogP contribution in [0.25, 0.3) is 0 Å². The lowest BCUT2D eigenvalue weighted by Gasteiger charge is -2.10. The van der Waals surface area contributed by atoms with Gasteiger partial charge in [-0.15, -0.1) is 11.3 Å². The summed E-state index contributed by atoms with van der Waals surface area (Å²) in [7, 11) is -2.19. The third-order valence-electron chi connectivity index (χ3n) is 2.62. The molecule has 1 aromatic heterocycles. The van der Waals surface area contributed by atoms with Crippen molar-refractivity contribution in [1.29, 1.82) is 0 Å². The van der Waals surface area contributed by atoms with Crippen molar-refractivity contribution in [2.75, 3.05) is 23.9 Å². The molecule has 0 aliphatic rings. The zero-order valence-electron chi connectivity index (χ0n) is 11.2. The number of anilines is 2. The molecule has 0 bridgehead atoms. The van der Waals surface area contributed by atoms with Gasteiger partial charge in [0.25, 0.3) is 0 Å². The van der Waals surface area contributed by atoms with E-state index in [0.717, 1.165) is 11.3 Å². The maximum absolute atomic E-state index is 12.0. The fourth-order valence-corrected chi connectivity index (χ4v) is 3.91. The minimum Gasteiger partial charge on any atom is -0.494 e. The molecule has 8 heteroatoms. The van der Waals surface area contributed by atoms with Crippen molar-refractivity contribution in [3.05, 3.63) is 35.7 Å². The van der Waals surface area contributed by atoms with Crippen LogP contribution in [-0.2, 0) is 14.6 Å². The number of nitrogen functional groups attached to an aromatic ring is 1. The highest BCUT2D eigenvalue weighted by Crippen LogP contribution is 2.27. The number of thiophene rings is 1. The van der Waals surface area contributed by atoms with Crippen molar-refractivity contribution in [3.63, 3.8) is 0 Å². The Morgan fingerprint density at radius 2 is 2.14 bits per heavy atom. The third kappa shape index (κ3) is 3.73. The van der Waals surface area contributed by atoms with Crippen molar-refractivity contribution >= 4 is 38.5 Å². The molecule has 0 saturated carbocycles. The summed E-state index contributed by atoms with van der Waals surface area (Å²) < 4.78 is 29.3. The Balaban J connectivity index is 2.13. The van der Waals surface area contributed by atoms with E-state index < -0.39 is 21.5 Å². The van der Waals surface area contributed by atoms with Gasteiger partial charge in [0.05, 0.1) is 12.8 Å². The number of hydrogen-bond donors (Lipinski definition) is 2. The van der Waals surface area contributed by atoms with Crippen LogP contribution in [-0.4, -0.2) is 27.2 Å². The number of carbonyl (C=O) groups excluding carboxylic acids is 1. The van der Waals surface area contributed by atoms with Crippen LogP contribution in [0, 0.1) is 0 Å². The van der Waals surface area contributed by atoms with Crippen LogP contribution in [0.2, 0.25) is 0 Å². The lowest BCUT2D eigenvalue weighted by molar-refractivity contribution is -0.113. The quantitative estimate of drug-likeness (QED) is 0.816. The van der Waals surface area contributed by atoms with Crippen LogP contribution < -0.4 is 15.8 Å². The largest absolute Gasteiger partial charge is 0.494 e. The summed E-state index contributed by atoms with van der Waals surface area (Å²) in [5.41, 5.74) is 6.47. The highest BCUT2D eigenvalue weighted by molar-refractivity contribution is 7.94. The van der Waals surface area contributed by atoms with Gasteiger partial charge < -0.3 is 15.8 Å². The van der Waals surface area contributed by atoms with Gasteiger partial charge >= 0.3 is 0 Å². The summed E-state index contributed by atoms with van der Waals surface area (Å²) in [4.78, 5) is 11.9. The van der Waals surface area contributed by atoms with E-state index in [1.54, 1.807) is 29.6 Å². The monoisotopic (exact) mass is 326 g/mol. The molecular weight excluding hydrogens is 312 g/mol. The number of amides is 1. The first-order valence-electron chi connectivity index (χ1n) is 5.92. The molecule has 112 valence electrons. The van der Waals surface area contributed by atoms with Gasteiger partial charge in [0.1, 0.15) is 15.7 Å². The molecule has 0 spiro atoms. The molecule has 21 heavy (non-hydrogen) atoms. The van der Waals surface area contributed by atoms with Crippen LogP contribution >= 0.6 is 11.3 Å². The van der Waals surface area contributed by atoms with Crippen molar-refractivity contribution < 1.29 is 17.9 Å². The summed E-state index contributed by atoms with van der Waals surface area (Å²) in [6.07, 6.45) is 0. The van der Waals surface area contributed by atoms with Crippen molar-refractivity contribution in [2.45, 2.75) is 4.21 Å². The lowest BCUT2D eigenvalue weighted by Crippen LogP contribution is -2.22. The molecule has 0 radical (unpaired) electrons. The topological polar surface area (TPSA) is 98.5 Å². The lowest BCUT2D eigenvalue weighted by atomic mass is 10.2. The second kappa shape index (κ2) is 6.15. The number of benzene rings is 1. The molecule has 0 unspecified atom stereocenters. The third-order valence-corrected chi connectivity index (χ3v) is 5.73. The van der Waals surface area contributed by atoms with E-state index in [-0.39, 0.29) is 4.21 Å². The minimum atomic E-state index is -3.62. The predicted molar refractivity (Wildman–Crippen MR) is 82.4 cm³/mol. The standard InChI is InChI=1S/C13H14N2O4S2/c1-19-11-7-9(14)4-5-10(11)15-12(16)8-21(17,18)13-3-2-6-20-13/h2-7H,8,14H2,1H3,(H,15,16). The summed E-state index contributed by atoms with van der Waals surface area (Å²) in [6, 6.07) is 7.79. The molecule has 3 N–H and O–H groups in total. The average Bonchev–Trinajstić information content (AvgIpc) is 2.95. The van der Waals surface area contributed by atoms with E-state index >= 15 is 0 Å². The molecule has 2 rings (SSSR count). The Morgan fingerprint density at radius 1 is 1.38 bits per heavy atom. The van der Waals surface area contributed by atoms with Crippen molar-refractivity contribution in [2.24, 2.45) is 0 Å². The molecule has 2 aromatic rings. The van der Waals surface area contributed by atoms with Crippen LogP contribution in [0.4, 0.5) is 11.4 Å². The Kier molecular flexibility index (Phi) is 4.49. The number of sulfone groups is 1. The normalized spacial score (nSPS) is 11.1. The summed E-state index contributed by atoms with van der Waals surface area (Å²) in [6.45, 7) is 0. The van der Waals surface area contributed by atoms with Gasteiger partial charge in [-0.3, -0.25) is 4.79 Å². The van der Waals surface area contributed by atoms with Gasteiger partial charge in [-0.2, -0.15) is 0 Å². The van der Waals surface area contributed by atoms with E-state index in [1.807, 2.05) is 0 Å². The number of hydrogen-bond acceptors (Lipinski definition) is 6. The fourth-order valence-electron chi connectivity index (χ4n) is 1.68. The molecule has 1 amide bonds.